The molecular formula is C7H15N3. The molecule has 0 radical (unpaired) electrons. The maximum absolute atomic E-state index is 4.26. The van der Waals surface area contributed by atoms with E-state index in [1.165, 1.54) is 5.69 Å². The standard InChI is InChI=1S/C7H12N2.H3N/c1-3-7-5-6-9(4-2)8-7;/h5-6H,3-4H2,1-2H3;1H3. The second-order valence-corrected chi connectivity index (χ2v) is 2.02. The van der Waals surface area contributed by atoms with Gasteiger partial charge in [-0.15, -0.1) is 0 Å². The molecule has 0 bridgehead atoms. The van der Waals surface area contributed by atoms with E-state index in [1.54, 1.807) is 0 Å². The fraction of sp³-hybridized carbons (Fsp3) is 0.571. The van der Waals surface area contributed by atoms with Crippen LogP contribution in [-0.2, 0) is 13.0 Å². The lowest BCUT2D eigenvalue weighted by Gasteiger charge is -1.90. The number of hydrogen-bond donors (Lipinski definition) is 1. The van der Waals surface area contributed by atoms with Gasteiger partial charge in [0.2, 0.25) is 0 Å². The molecule has 3 heteroatoms. The average Bonchev–Trinajstić information content (AvgIpc) is 2.34. The highest BCUT2D eigenvalue weighted by molar-refractivity contribution is 4.97. The fourth-order valence-corrected chi connectivity index (χ4v) is 0.768. The molecule has 0 spiro atoms. The van der Waals surface area contributed by atoms with Crippen molar-refractivity contribution in [3.05, 3.63) is 18.0 Å². The topological polar surface area (TPSA) is 52.8 Å². The summed E-state index contributed by atoms with van der Waals surface area (Å²) in [6.45, 7) is 5.18. The Morgan fingerprint density at radius 2 is 2.20 bits per heavy atom. The molecule has 0 fully saturated rings. The van der Waals surface area contributed by atoms with Crippen LogP contribution < -0.4 is 6.15 Å². The maximum atomic E-state index is 4.26. The summed E-state index contributed by atoms with van der Waals surface area (Å²) in [7, 11) is 0. The smallest absolute Gasteiger partial charge is 0.0621 e. The number of hydrogen-bond acceptors (Lipinski definition) is 2. The van der Waals surface area contributed by atoms with Gasteiger partial charge in [-0.1, -0.05) is 6.92 Å². The third kappa shape index (κ3) is 1.84. The van der Waals surface area contributed by atoms with Gasteiger partial charge in [-0.25, -0.2) is 0 Å². The Bertz CT molecular complexity index is 162. The molecule has 0 aliphatic carbocycles. The van der Waals surface area contributed by atoms with Gasteiger partial charge in [0.1, 0.15) is 0 Å². The summed E-state index contributed by atoms with van der Waals surface area (Å²) < 4.78 is 1.94. The van der Waals surface area contributed by atoms with Crippen molar-refractivity contribution in [1.82, 2.24) is 15.9 Å². The quantitative estimate of drug-likeness (QED) is 0.680. The van der Waals surface area contributed by atoms with Gasteiger partial charge in [0.25, 0.3) is 0 Å². The van der Waals surface area contributed by atoms with Crippen molar-refractivity contribution < 1.29 is 0 Å². The zero-order valence-electron chi connectivity index (χ0n) is 6.67. The molecule has 0 aliphatic rings. The van der Waals surface area contributed by atoms with Crippen LogP contribution >= 0.6 is 0 Å². The SMILES string of the molecule is CCc1ccn(CC)n1.N. The number of rotatable bonds is 2. The van der Waals surface area contributed by atoms with Gasteiger partial charge in [-0.2, -0.15) is 5.10 Å². The minimum atomic E-state index is 0. The second-order valence-electron chi connectivity index (χ2n) is 2.02. The zero-order chi connectivity index (χ0) is 6.69. The summed E-state index contributed by atoms with van der Waals surface area (Å²) in [6, 6.07) is 2.06. The van der Waals surface area contributed by atoms with Crippen LogP contribution in [0.4, 0.5) is 0 Å². The minimum Gasteiger partial charge on any atom is -0.344 e. The third-order valence-electron chi connectivity index (χ3n) is 1.38. The average molecular weight is 141 g/mol. The number of nitrogens with zero attached hydrogens (tertiary/aromatic N) is 2. The highest BCUT2D eigenvalue weighted by Crippen LogP contribution is 1.94. The van der Waals surface area contributed by atoms with Crippen molar-refractivity contribution in [2.24, 2.45) is 0 Å². The van der Waals surface area contributed by atoms with Gasteiger partial charge in [-0.05, 0) is 19.4 Å². The molecule has 1 heterocycles. The molecule has 1 aromatic heterocycles. The Kier molecular flexibility index (Phi) is 3.72. The van der Waals surface area contributed by atoms with Gasteiger partial charge in [0.05, 0.1) is 5.69 Å². The fourth-order valence-electron chi connectivity index (χ4n) is 0.768. The molecule has 0 saturated heterocycles. The van der Waals surface area contributed by atoms with Crippen LogP contribution in [-0.4, -0.2) is 9.78 Å². The van der Waals surface area contributed by atoms with E-state index < -0.39 is 0 Å². The lowest BCUT2D eigenvalue weighted by molar-refractivity contribution is 0.648. The molecule has 0 amide bonds. The van der Waals surface area contributed by atoms with Crippen LogP contribution in [0.15, 0.2) is 12.3 Å². The number of aromatic nitrogens is 2. The summed E-state index contributed by atoms with van der Waals surface area (Å²) in [5.41, 5.74) is 1.18. The maximum Gasteiger partial charge on any atom is 0.0621 e. The van der Waals surface area contributed by atoms with Crippen molar-refractivity contribution in [3.8, 4) is 0 Å². The van der Waals surface area contributed by atoms with Gasteiger partial charge < -0.3 is 6.15 Å². The largest absolute Gasteiger partial charge is 0.344 e. The predicted molar refractivity (Wildman–Crippen MR) is 42.3 cm³/mol. The molecule has 1 aromatic rings. The van der Waals surface area contributed by atoms with Crippen molar-refractivity contribution in [2.45, 2.75) is 26.8 Å². The second kappa shape index (κ2) is 4.06. The molecule has 58 valence electrons. The van der Waals surface area contributed by atoms with E-state index in [9.17, 15) is 0 Å². The van der Waals surface area contributed by atoms with Crippen molar-refractivity contribution >= 4 is 0 Å². The van der Waals surface area contributed by atoms with E-state index in [0.29, 0.717) is 0 Å². The Balaban J connectivity index is 0.000000810. The predicted octanol–water partition coefficient (Wildman–Crippen LogP) is 1.63. The third-order valence-corrected chi connectivity index (χ3v) is 1.38. The molecule has 10 heavy (non-hydrogen) atoms. The molecule has 0 atom stereocenters. The van der Waals surface area contributed by atoms with E-state index in [1.807, 2.05) is 10.9 Å². The van der Waals surface area contributed by atoms with E-state index in [4.69, 9.17) is 0 Å². The van der Waals surface area contributed by atoms with Crippen LogP contribution in [0.2, 0.25) is 0 Å². The molecule has 1 rings (SSSR count). The molecule has 0 aliphatic heterocycles. The monoisotopic (exact) mass is 141 g/mol. The summed E-state index contributed by atoms with van der Waals surface area (Å²) >= 11 is 0. The number of aryl methyl sites for hydroxylation is 2. The normalized spacial score (nSPS) is 9.00. The van der Waals surface area contributed by atoms with E-state index in [0.717, 1.165) is 13.0 Å². The van der Waals surface area contributed by atoms with Crippen molar-refractivity contribution in [3.63, 3.8) is 0 Å². The van der Waals surface area contributed by atoms with Gasteiger partial charge in [-0.3, -0.25) is 4.68 Å². The first-order valence-corrected chi connectivity index (χ1v) is 3.39. The molecule has 0 unspecified atom stereocenters. The van der Waals surface area contributed by atoms with Crippen molar-refractivity contribution in [1.29, 1.82) is 0 Å². The lowest BCUT2D eigenvalue weighted by atomic mass is 10.4. The molecule has 3 N–H and O–H groups in total. The summed E-state index contributed by atoms with van der Waals surface area (Å²) in [6.07, 6.45) is 3.05. The summed E-state index contributed by atoms with van der Waals surface area (Å²) in [5.74, 6) is 0. The van der Waals surface area contributed by atoms with Crippen LogP contribution in [0.1, 0.15) is 19.5 Å². The van der Waals surface area contributed by atoms with E-state index in [2.05, 4.69) is 25.0 Å². The van der Waals surface area contributed by atoms with Crippen LogP contribution in [0.5, 0.6) is 0 Å². The Morgan fingerprint density at radius 1 is 1.50 bits per heavy atom. The molecule has 0 aromatic carbocycles. The molecule has 3 nitrogen and oxygen atoms in total. The highest BCUT2D eigenvalue weighted by atomic mass is 15.3. The first kappa shape index (κ1) is 9.17. The first-order chi connectivity index (χ1) is 4.36. The van der Waals surface area contributed by atoms with Crippen molar-refractivity contribution in [2.75, 3.05) is 0 Å². The molecular weight excluding hydrogens is 126 g/mol. The van der Waals surface area contributed by atoms with Gasteiger partial charge in [0.15, 0.2) is 0 Å². The molecule has 0 saturated carbocycles. The van der Waals surface area contributed by atoms with Crippen LogP contribution in [0.25, 0.3) is 0 Å². The van der Waals surface area contributed by atoms with E-state index >= 15 is 0 Å². The van der Waals surface area contributed by atoms with Crippen LogP contribution in [0, 0.1) is 0 Å². The van der Waals surface area contributed by atoms with Gasteiger partial charge in [0, 0.05) is 12.7 Å². The Hall–Kier alpha value is -0.830. The Morgan fingerprint density at radius 3 is 2.50 bits per heavy atom. The lowest BCUT2D eigenvalue weighted by Crippen LogP contribution is -1.94. The van der Waals surface area contributed by atoms with Crippen LogP contribution in [0.3, 0.4) is 0 Å². The summed E-state index contributed by atoms with van der Waals surface area (Å²) in [4.78, 5) is 0. The Labute approximate surface area is 61.6 Å². The van der Waals surface area contributed by atoms with Gasteiger partial charge >= 0.3 is 0 Å². The minimum absolute atomic E-state index is 0. The first-order valence-electron chi connectivity index (χ1n) is 3.39. The highest BCUT2D eigenvalue weighted by Gasteiger charge is 1.91. The van der Waals surface area contributed by atoms with E-state index in [-0.39, 0.29) is 6.15 Å². The summed E-state index contributed by atoms with van der Waals surface area (Å²) in [5, 5.41) is 4.26. The zero-order valence-corrected chi connectivity index (χ0v) is 6.67.